The van der Waals surface area contributed by atoms with Gasteiger partial charge in [0.1, 0.15) is 6.04 Å². The van der Waals surface area contributed by atoms with E-state index in [-0.39, 0.29) is 18.0 Å². The molecule has 0 spiro atoms. The van der Waals surface area contributed by atoms with Gasteiger partial charge in [-0.3, -0.25) is 4.79 Å². The van der Waals surface area contributed by atoms with Gasteiger partial charge < -0.3 is 20.7 Å². The largest absolute Gasteiger partial charge is 0.375 e. The zero-order chi connectivity index (χ0) is 16.5. The van der Waals surface area contributed by atoms with E-state index in [1.54, 1.807) is 0 Å². The van der Waals surface area contributed by atoms with Crippen LogP contribution in [0.4, 0.5) is 4.79 Å². The molecule has 0 saturated carbocycles. The fourth-order valence-electron chi connectivity index (χ4n) is 2.47. The van der Waals surface area contributed by atoms with Crippen LogP contribution in [-0.2, 0) is 16.1 Å². The minimum absolute atomic E-state index is 0.106. The molecule has 0 bridgehead atoms. The average Bonchev–Trinajstić information content (AvgIpc) is 2.73. The fraction of sp³-hybridized carbons (Fsp3) is 0.529. The fourth-order valence-corrected chi connectivity index (χ4v) is 2.47. The van der Waals surface area contributed by atoms with Crippen LogP contribution in [0.15, 0.2) is 30.3 Å². The smallest absolute Gasteiger partial charge is 0.315 e. The first kappa shape index (κ1) is 17.3. The summed E-state index contributed by atoms with van der Waals surface area (Å²) in [7, 11) is 0. The number of carbonyl (C=O) groups excluding carboxylic acids is 2. The molecule has 1 aliphatic rings. The Labute approximate surface area is 137 Å². The van der Waals surface area contributed by atoms with Crippen molar-refractivity contribution >= 4 is 11.9 Å². The van der Waals surface area contributed by atoms with Gasteiger partial charge in [-0.25, -0.2) is 4.79 Å². The normalized spacial score (nSPS) is 19.3. The number of urea groups is 1. The van der Waals surface area contributed by atoms with Crippen molar-refractivity contribution in [3.8, 4) is 0 Å². The number of hydrogen-bond acceptors (Lipinski definition) is 3. The van der Waals surface area contributed by atoms with Crippen molar-refractivity contribution < 1.29 is 14.3 Å². The molecule has 3 N–H and O–H groups in total. The summed E-state index contributed by atoms with van der Waals surface area (Å²) in [6.07, 6.45) is 2.56. The maximum atomic E-state index is 12.0. The summed E-state index contributed by atoms with van der Waals surface area (Å²) in [6, 6.07) is 8.97. The van der Waals surface area contributed by atoms with Gasteiger partial charge in [0.2, 0.25) is 5.91 Å². The second-order valence-corrected chi connectivity index (χ2v) is 5.86. The topological polar surface area (TPSA) is 79.5 Å². The molecular weight excluding hydrogens is 294 g/mol. The molecule has 6 heteroatoms. The number of ether oxygens (including phenoxy) is 1. The lowest BCUT2D eigenvalue weighted by Crippen LogP contribution is -2.51. The van der Waals surface area contributed by atoms with Crippen molar-refractivity contribution in [2.45, 2.75) is 44.9 Å². The third kappa shape index (κ3) is 6.28. The van der Waals surface area contributed by atoms with E-state index in [1.165, 1.54) is 0 Å². The second kappa shape index (κ2) is 9.15. The Bertz CT molecular complexity index is 507. The Morgan fingerprint density at radius 2 is 2.13 bits per heavy atom. The van der Waals surface area contributed by atoms with Crippen LogP contribution in [0.2, 0.25) is 0 Å². The van der Waals surface area contributed by atoms with Gasteiger partial charge in [0.05, 0.1) is 19.3 Å². The van der Waals surface area contributed by atoms with Crippen molar-refractivity contribution in [3.63, 3.8) is 0 Å². The number of carbonyl (C=O) groups is 2. The van der Waals surface area contributed by atoms with E-state index in [2.05, 4.69) is 16.0 Å². The summed E-state index contributed by atoms with van der Waals surface area (Å²) in [4.78, 5) is 23.7. The molecule has 0 aromatic heterocycles. The third-order valence-electron chi connectivity index (χ3n) is 3.70. The van der Waals surface area contributed by atoms with E-state index in [1.807, 2.05) is 37.3 Å². The summed E-state index contributed by atoms with van der Waals surface area (Å²) in [6.45, 7) is 3.48. The molecule has 2 rings (SSSR count). The van der Waals surface area contributed by atoms with Gasteiger partial charge in [-0.05, 0) is 31.7 Å². The van der Waals surface area contributed by atoms with Gasteiger partial charge in [0.25, 0.3) is 0 Å². The number of amides is 3. The number of rotatable bonds is 6. The summed E-state index contributed by atoms with van der Waals surface area (Å²) >= 11 is 0. The zero-order valence-corrected chi connectivity index (χ0v) is 13.5. The minimum atomic E-state index is -0.449. The Kier molecular flexibility index (Phi) is 6.87. The lowest BCUT2D eigenvalue weighted by Gasteiger charge is -2.19. The highest BCUT2D eigenvalue weighted by atomic mass is 16.5. The van der Waals surface area contributed by atoms with Crippen molar-refractivity contribution in [1.29, 1.82) is 0 Å². The Hall–Kier alpha value is -2.08. The molecule has 1 aromatic carbocycles. The van der Waals surface area contributed by atoms with E-state index >= 15 is 0 Å². The quantitative estimate of drug-likeness (QED) is 0.744. The van der Waals surface area contributed by atoms with Gasteiger partial charge in [0, 0.05) is 6.54 Å². The standard InChI is InChI=1S/C17H25N3O3/c1-13(11-23-12-14-7-3-2-4-8-14)19-17(22)20-15-9-5-6-10-18-16(15)21/h2-4,7-8,13,15H,5-6,9-12H2,1H3,(H,18,21)(H2,19,20,22)/t13-,15+/m0/s1. The first-order valence-electron chi connectivity index (χ1n) is 8.11. The van der Waals surface area contributed by atoms with E-state index in [9.17, 15) is 9.59 Å². The number of benzene rings is 1. The Morgan fingerprint density at radius 3 is 2.91 bits per heavy atom. The van der Waals surface area contributed by atoms with Crippen LogP contribution in [0.5, 0.6) is 0 Å². The van der Waals surface area contributed by atoms with Gasteiger partial charge in [-0.1, -0.05) is 30.3 Å². The third-order valence-corrected chi connectivity index (χ3v) is 3.70. The SMILES string of the molecule is C[C@@H](COCc1ccccc1)NC(=O)N[C@@H]1CCCCNC1=O. The summed E-state index contributed by atoms with van der Waals surface area (Å²) < 4.78 is 5.59. The van der Waals surface area contributed by atoms with Crippen LogP contribution in [0.1, 0.15) is 31.7 Å². The Morgan fingerprint density at radius 1 is 1.35 bits per heavy atom. The van der Waals surface area contributed by atoms with E-state index in [4.69, 9.17) is 4.74 Å². The average molecular weight is 319 g/mol. The van der Waals surface area contributed by atoms with Crippen LogP contribution in [-0.4, -0.2) is 37.2 Å². The molecular formula is C17H25N3O3. The second-order valence-electron chi connectivity index (χ2n) is 5.86. The summed E-state index contributed by atoms with van der Waals surface area (Å²) in [5.74, 6) is -0.106. The van der Waals surface area contributed by atoms with Crippen LogP contribution < -0.4 is 16.0 Å². The molecule has 2 atom stereocenters. The molecule has 1 saturated heterocycles. The molecule has 126 valence electrons. The van der Waals surface area contributed by atoms with E-state index < -0.39 is 6.04 Å². The lowest BCUT2D eigenvalue weighted by molar-refractivity contribution is -0.122. The Balaban J connectivity index is 1.66. The maximum absolute atomic E-state index is 12.0. The highest BCUT2D eigenvalue weighted by molar-refractivity contribution is 5.87. The molecule has 1 heterocycles. The van der Waals surface area contributed by atoms with Crippen LogP contribution in [0, 0.1) is 0 Å². The first-order valence-corrected chi connectivity index (χ1v) is 8.11. The monoisotopic (exact) mass is 319 g/mol. The molecule has 0 aliphatic carbocycles. The minimum Gasteiger partial charge on any atom is -0.375 e. The molecule has 3 amide bonds. The predicted octanol–water partition coefficient (Wildman–Crippen LogP) is 1.56. The van der Waals surface area contributed by atoms with E-state index in [0.717, 1.165) is 18.4 Å². The van der Waals surface area contributed by atoms with Crippen molar-refractivity contribution in [2.75, 3.05) is 13.2 Å². The maximum Gasteiger partial charge on any atom is 0.315 e. The molecule has 23 heavy (non-hydrogen) atoms. The molecule has 6 nitrogen and oxygen atoms in total. The summed E-state index contributed by atoms with van der Waals surface area (Å²) in [5.41, 5.74) is 1.10. The zero-order valence-electron chi connectivity index (χ0n) is 13.5. The van der Waals surface area contributed by atoms with Crippen LogP contribution >= 0.6 is 0 Å². The van der Waals surface area contributed by atoms with Gasteiger partial charge in [-0.15, -0.1) is 0 Å². The molecule has 1 aliphatic heterocycles. The van der Waals surface area contributed by atoms with Crippen LogP contribution in [0.25, 0.3) is 0 Å². The lowest BCUT2D eigenvalue weighted by atomic mass is 10.1. The first-order chi connectivity index (χ1) is 11.1. The summed E-state index contributed by atoms with van der Waals surface area (Å²) in [5, 5.41) is 8.33. The van der Waals surface area contributed by atoms with E-state index in [0.29, 0.717) is 26.2 Å². The number of hydrogen-bond donors (Lipinski definition) is 3. The molecule has 0 unspecified atom stereocenters. The molecule has 1 aromatic rings. The van der Waals surface area contributed by atoms with Gasteiger partial charge in [0.15, 0.2) is 0 Å². The highest BCUT2D eigenvalue weighted by Gasteiger charge is 2.22. The van der Waals surface area contributed by atoms with Gasteiger partial charge in [-0.2, -0.15) is 0 Å². The molecule has 0 radical (unpaired) electrons. The molecule has 1 fully saturated rings. The van der Waals surface area contributed by atoms with Crippen molar-refractivity contribution in [1.82, 2.24) is 16.0 Å². The van der Waals surface area contributed by atoms with Crippen LogP contribution in [0.3, 0.4) is 0 Å². The predicted molar refractivity (Wildman–Crippen MR) is 87.9 cm³/mol. The van der Waals surface area contributed by atoms with Crippen molar-refractivity contribution in [2.24, 2.45) is 0 Å². The van der Waals surface area contributed by atoms with Gasteiger partial charge >= 0.3 is 6.03 Å². The van der Waals surface area contributed by atoms with Crippen molar-refractivity contribution in [3.05, 3.63) is 35.9 Å². The highest BCUT2D eigenvalue weighted by Crippen LogP contribution is 2.05. The number of nitrogens with one attached hydrogen (secondary N) is 3.